The molecule has 0 radical (unpaired) electrons. The summed E-state index contributed by atoms with van der Waals surface area (Å²) in [6.07, 6.45) is 0.247. The molecule has 6 nitrogen and oxygen atoms in total. The Morgan fingerprint density at radius 1 is 1.00 bits per heavy atom. The second kappa shape index (κ2) is 6.49. The van der Waals surface area contributed by atoms with Gasteiger partial charge < -0.3 is 4.74 Å². The first-order chi connectivity index (χ1) is 13.7. The highest BCUT2D eigenvalue weighted by molar-refractivity contribution is 6.01. The predicted molar refractivity (Wildman–Crippen MR) is 105 cm³/mol. The van der Waals surface area contributed by atoms with E-state index < -0.39 is 6.23 Å². The molecule has 0 fully saturated rings. The SMILES string of the molecule is O=[N+]([O-])c1cccc([C@H]2Oc3ccccc3[C@@H]3CC(c4ccccc4)=NN23)c1. The predicted octanol–water partition coefficient (Wildman–Crippen LogP) is 4.84. The molecule has 28 heavy (non-hydrogen) atoms. The van der Waals surface area contributed by atoms with E-state index in [-0.39, 0.29) is 16.7 Å². The second-order valence-corrected chi connectivity index (χ2v) is 6.87. The minimum atomic E-state index is -0.513. The number of hydrogen-bond donors (Lipinski definition) is 0. The van der Waals surface area contributed by atoms with E-state index in [2.05, 4.69) is 6.07 Å². The van der Waals surface area contributed by atoms with Gasteiger partial charge in [0, 0.05) is 29.7 Å². The van der Waals surface area contributed by atoms with Crippen molar-refractivity contribution < 1.29 is 9.66 Å². The second-order valence-electron chi connectivity index (χ2n) is 6.87. The Bertz CT molecular complexity index is 1080. The molecule has 0 spiro atoms. The van der Waals surface area contributed by atoms with Crippen molar-refractivity contribution in [3.05, 3.63) is 106 Å². The monoisotopic (exact) mass is 371 g/mol. The highest BCUT2D eigenvalue weighted by Crippen LogP contribution is 2.47. The van der Waals surface area contributed by atoms with Crippen LogP contribution in [0.4, 0.5) is 5.69 Å². The Kier molecular flexibility index (Phi) is 3.83. The molecular weight excluding hydrogens is 354 g/mol. The average Bonchev–Trinajstić information content (AvgIpc) is 3.20. The Hall–Kier alpha value is -3.67. The number of nitro benzene ring substituents is 1. The maximum Gasteiger partial charge on any atom is 0.269 e. The highest BCUT2D eigenvalue weighted by Gasteiger charge is 2.41. The molecule has 2 aliphatic heterocycles. The number of non-ortho nitro benzene ring substituents is 1. The lowest BCUT2D eigenvalue weighted by Crippen LogP contribution is -2.33. The van der Waals surface area contributed by atoms with E-state index in [4.69, 9.17) is 9.84 Å². The lowest BCUT2D eigenvalue weighted by atomic mass is 9.96. The van der Waals surface area contributed by atoms with E-state index in [0.717, 1.165) is 29.0 Å². The summed E-state index contributed by atoms with van der Waals surface area (Å²) in [6.45, 7) is 0. The highest BCUT2D eigenvalue weighted by atomic mass is 16.6. The van der Waals surface area contributed by atoms with Crippen molar-refractivity contribution >= 4 is 11.4 Å². The van der Waals surface area contributed by atoms with Crippen molar-refractivity contribution in [2.75, 3.05) is 0 Å². The molecule has 0 aliphatic carbocycles. The molecule has 0 bridgehead atoms. The lowest BCUT2D eigenvalue weighted by molar-refractivity contribution is -0.385. The van der Waals surface area contributed by atoms with Gasteiger partial charge in [-0.2, -0.15) is 5.10 Å². The molecule has 2 aliphatic rings. The van der Waals surface area contributed by atoms with Crippen molar-refractivity contribution in [1.29, 1.82) is 0 Å². The summed E-state index contributed by atoms with van der Waals surface area (Å²) >= 11 is 0. The van der Waals surface area contributed by atoms with Gasteiger partial charge >= 0.3 is 0 Å². The summed E-state index contributed by atoms with van der Waals surface area (Å²) in [6, 6.07) is 24.6. The molecule has 5 rings (SSSR count). The number of para-hydroxylation sites is 1. The minimum Gasteiger partial charge on any atom is -0.464 e. The first kappa shape index (κ1) is 16.5. The number of hydrazone groups is 1. The standard InChI is InChI=1S/C22H17N3O3/c26-25(27)17-10-6-9-16(13-17)22-24-20(18-11-4-5-12-21(18)28-22)14-19(23-24)15-7-2-1-3-8-15/h1-13,20,22H,14H2/t20-,22+/m0/s1. The zero-order valence-corrected chi connectivity index (χ0v) is 14.9. The lowest BCUT2D eigenvalue weighted by Gasteiger charge is -2.38. The fourth-order valence-electron chi connectivity index (χ4n) is 3.85. The Balaban J connectivity index is 1.60. The normalized spacial score (nSPS) is 20.0. The van der Waals surface area contributed by atoms with E-state index in [1.54, 1.807) is 12.1 Å². The van der Waals surface area contributed by atoms with E-state index in [0.29, 0.717) is 5.56 Å². The molecule has 0 saturated carbocycles. The van der Waals surface area contributed by atoms with Gasteiger partial charge in [0.05, 0.1) is 16.7 Å². The van der Waals surface area contributed by atoms with Crippen LogP contribution in [0.2, 0.25) is 0 Å². The number of nitro groups is 1. The first-order valence-corrected chi connectivity index (χ1v) is 9.12. The maximum absolute atomic E-state index is 11.2. The number of benzene rings is 3. The summed E-state index contributed by atoms with van der Waals surface area (Å²) in [4.78, 5) is 10.8. The van der Waals surface area contributed by atoms with E-state index in [9.17, 15) is 10.1 Å². The van der Waals surface area contributed by atoms with Gasteiger partial charge in [-0.1, -0.05) is 60.7 Å². The van der Waals surface area contributed by atoms with Crippen LogP contribution in [0.1, 0.15) is 35.4 Å². The van der Waals surface area contributed by atoms with Gasteiger partial charge in [0.1, 0.15) is 5.75 Å². The number of rotatable bonds is 3. The first-order valence-electron chi connectivity index (χ1n) is 9.12. The molecule has 0 N–H and O–H groups in total. The number of ether oxygens (including phenoxy) is 1. The van der Waals surface area contributed by atoms with Gasteiger partial charge in [-0.05, 0) is 11.6 Å². The third kappa shape index (κ3) is 2.70. The maximum atomic E-state index is 11.2. The summed E-state index contributed by atoms with van der Waals surface area (Å²) in [5.74, 6) is 0.796. The van der Waals surface area contributed by atoms with Gasteiger partial charge in [0.25, 0.3) is 5.69 Å². The Morgan fingerprint density at radius 2 is 1.79 bits per heavy atom. The summed E-state index contributed by atoms with van der Waals surface area (Å²) < 4.78 is 6.25. The van der Waals surface area contributed by atoms with Crippen LogP contribution in [0.3, 0.4) is 0 Å². The molecule has 2 atom stereocenters. The van der Waals surface area contributed by atoms with Crippen LogP contribution < -0.4 is 4.74 Å². The van der Waals surface area contributed by atoms with Crippen molar-refractivity contribution in [3.8, 4) is 5.75 Å². The topological polar surface area (TPSA) is 68.0 Å². The third-order valence-corrected chi connectivity index (χ3v) is 5.17. The molecule has 2 heterocycles. The number of nitrogens with zero attached hydrogens (tertiary/aromatic N) is 3. The van der Waals surface area contributed by atoms with Gasteiger partial charge in [-0.25, -0.2) is 5.01 Å². The quantitative estimate of drug-likeness (QED) is 0.488. The van der Waals surface area contributed by atoms with Crippen LogP contribution in [0, 0.1) is 10.1 Å². The van der Waals surface area contributed by atoms with E-state index >= 15 is 0 Å². The molecule has 6 heteroatoms. The van der Waals surface area contributed by atoms with Crippen LogP contribution in [0.15, 0.2) is 84.0 Å². The molecule has 0 amide bonds. The van der Waals surface area contributed by atoms with Crippen molar-refractivity contribution in [3.63, 3.8) is 0 Å². The van der Waals surface area contributed by atoms with Crippen molar-refractivity contribution in [1.82, 2.24) is 5.01 Å². The van der Waals surface area contributed by atoms with Crippen LogP contribution in [-0.2, 0) is 0 Å². The van der Waals surface area contributed by atoms with Gasteiger partial charge in [-0.15, -0.1) is 0 Å². The van der Waals surface area contributed by atoms with Gasteiger partial charge in [-0.3, -0.25) is 10.1 Å². The van der Waals surface area contributed by atoms with Crippen LogP contribution in [0.5, 0.6) is 5.75 Å². The number of fused-ring (bicyclic) bond motifs is 3. The van der Waals surface area contributed by atoms with E-state index in [1.165, 1.54) is 6.07 Å². The zero-order chi connectivity index (χ0) is 19.1. The van der Waals surface area contributed by atoms with Crippen molar-refractivity contribution in [2.45, 2.75) is 18.7 Å². The Labute approximate surface area is 161 Å². The fraction of sp³-hybridized carbons (Fsp3) is 0.136. The molecule has 3 aromatic carbocycles. The van der Waals surface area contributed by atoms with Crippen LogP contribution in [-0.4, -0.2) is 15.6 Å². The summed E-state index contributed by atoms with van der Waals surface area (Å²) in [5, 5.41) is 18.0. The van der Waals surface area contributed by atoms with Gasteiger partial charge in [0.15, 0.2) is 0 Å². The third-order valence-electron chi connectivity index (χ3n) is 5.17. The largest absolute Gasteiger partial charge is 0.464 e. The fourth-order valence-corrected chi connectivity index (χ4v) is 3.85. The molecule has 3 aromatic rings. The average molecular weight is 371 g/mol. The molecule has 0 unspecified atom stereocenters. The van der Waals surface area contributed by atoms with Crippen LogP contribution >= 0.6 is 0 Å². The molecular formula is C22H17N3O3. The smallest absolute Gasteiger partial charge is 0.269 e. The minimum absolute atomic E-state index is 0.0319. The summed E-state index contributed by atoms with van der Waals surface area (Å²) in [7, 11) is 0. The zero-order valence-electron chi connectivity index (χ0n) is 14.9. The van der Waals surface area contributed by atoms with Crippen LogP contribution in [0.25, 0.3) is 0 Å². The Morgan fingerprint density at radius 3 is 2.61 bits per heavy atom. The molecule has 138 valence electrons. The molecule has 0 saturated heterocycles. The number of hydrogen-bond acceptors (Lipinski definition) is 5. The van der Waals surface area contributed by atoms with E-state index in [1.807, 2.05) is 59.6 Å². The molecule has 0 aromatic heterocycles. The van der Waals surface area contributed by atoms with Gasteiger partial charge in [0.2, 0.25) is 6.23 Å². The summed E-state index contributed by atoms with van der Waals surface area (Å²) in [5.41, 5.74) is 3.90. The van der Waals surface area contributed by atoms with Crippen molar-refractivity contribution in [2.24, 2.45) is 5.10 Å².